The maximum Gasteiger partial charge on any atom is 0.232 e. The number of fused-ring (bicyclic) bond motifs is 1. The van der Waals surface area contributed by atoms with Gasteiger partial charge in [-0.1, -0.05) is 42.1 Å². The first-order valence-electron chi connectivity index (χ1n) is 9.30. The van der Waals surface area contributed by atoms with Crippen molar-refractivity contribution < 1.29 is 9.18 Å². The van der Waals surface area contributed by atoms with Crippen molar-refractivity contribution in [1.82, 2.24) is 29.9 Å². The van der Waals surface area contributed by atoms with E-state index in [1.165, 1.54) is 24.2 Å². The van der Waals surface area contributed by atoms with Crippen molar-refractivity contribution in [2.24, 2.45) is 5.92 Å². The van der Waals surface area contributed by atoms with Crippen LogP contribution in [0.15, 0.2) is 35.6 Å². The van der Waals surface area contributed by atoms with E-state index in [9.17, 15) is 9.18 Å². The van der Waals surface area contributed by atoms with Gasteiger partial charge in [0.2, 0.25) is 5.91 Å². The number of amides is 1. The fourth-order valence-corrected chi connectivity index (χ4v) is 4.08. The fraction of sp³-hybridized carbons (Fsp3) is 0.421. The van der Waals surface area contributed by atoms with Crippen LogP contribution < -0.4 is 0 Å². The summed E-state index contributed by atoms with van der Waals surface area (Å²) in [6.45, 7) is 4.09. The van der Waals surface area contributed by atoms with Crippen LogP contribution in [0.1, 0.15) is 25.3 Å². The first kappa shape index (κ1) is 18.8. The molecule has 0 bridgehead atoms. The van der Waals surface area contributed by atoms with E-state index in [1.54, 1.807) is 22.9 Å². The van der Waals surface area contributed by atoms with Gasteiger partial charge in [-0.25, -0.2) is 19.0 Å². The van der Waals surface area contributed by atoms with Gasteiger partial charge in [0.25, 0.3) is 0 Å². The molecule has 7 nitrogen and oxygen atoms in total. The van der Waals surface area contributed by atoms with E-state index in [-0.39, 0.29) is 18.3 Å². The van der Waals surface area contributed by atoms with Crippen LogP contribution in [-0.2, 0) is 11.3 Å². The third-order valence-corrected chi connectivity index (χ3v) is 5.98. The molecule has 2 aromatic heterocycles. The topological polar surface area (TPSA) is 76.8 Å². The van der Waals surface area contributed by atoms with Gasteiger partial charge in [0, 0.05) is 18.7 Å². The third-order valence-electron chi connectivity index (χ3n) is 5.01. The summed E-state index contributed by atoms with van der Waals surface area (Å²) in [6.07, 6.45) is 3.54. The smallest absolute Gasteiger partial charge is 0.232 e. The van der Waals surface area contributed by atoms with Gasteiger partial charge < -0.3 is 4.90 Å². The Morgan fingerprint density at radius 2 is 2.04 bits per heavy atom. The first-order valence-corrected chi connectivity index (χ1v) is 10.3. The molecule has 0 radical (unpaired) electrons. The minimum Gasteiger partial charge on any atom is -0.342 e. The molecule has 1 aliphatic rings. The molecule has 9 heteroatoms. The number of carbonyl (C=O) groups is 1. The average molecular weight is 400 g/mol. The number of hydrogen-bond donors (Lipinski definition) is 0. The van der Waals surface area contributed by atoms with Crippen molar-refractivity contribution in [2.75, 3.05) is 18.8 Å². The summed E-state index contributed by atoms with van der Waals surface area (Å²) in [5.41, 5.74) is 1.57. The third kappa shape index (κ3) is 3.99. The minimum absolute atomic E-state index is 0.113. The number of aromatic nitrogens is 5. The number of piperidine rings is 1. The molecule has 146 valence electrons. The number of thioether (sulfide) groups is 1. The van der Waals surface area contributed by atoms with Crippen molar-refractivity contribution in [3.63, 3.8) is 0 Å². The number of likely N-dealkylation sites (tertiary alicyclic amines) is 1. The minimum atomic E-state index is -0.295. The predicted octanol–water partition coefficient (Wildman–Crippen LogP) is 2.76. The summed E-state index contributed by atoms with van der Waals surface area (Å²) in [6, 6.07) is 6.55. The lowest BCUT2D eigenvalue weighted by Gasteiger charge is -2.30. The van der Waals surface area contributed by atoms with Gasteiger partial charge in [-0.2, -0.15) is 0 Å². The van der Waals surface area contributed by atoms with Crippen LogP contribution in [-0.4, -0.2) is 54.6 Å². The van der Waals surface area contributed by atoms with Crippen LogP contribution in [0.5, 0.6) is 0 Å². The Morgan fingerprint density at radius 3 is 2.82 bits per heavy atom. The number of hydrogen-bond acceptors (Lipinski definition) is 6. The molecule has 1 saturated heterocycles. The van der Waals surface area contributed by atoms with Crippen molar-refractivity contribution in [1.29, 1.82) is 0 Å². The van der Waals surface area contributed by atoms with Gasteiger partial charge in [0.15, 0.2) is 11.2 Å². The van der Waals surface area contributed by atoms with E-state index in [4.69, 9.17) is 0 Å². The summed E-state index contributed by atoms with van der Waals surface area (Å²) in [7, 11) is 0. The summed E-state index contributed by atoms with van der Waals surface area (Å²) in [5.74, 6) is 0.807. The lowest BCUT2D eigenvalue weighted by atomic mass is 9.99. The Kier molecular flexibility index (Phi) is 5.52. The molecule has 0 unspecified atom stereocenters. The molecular weight excluding hydrogens is 379 g/mol. The van der Waals surface area contributed by atoms with Crippen LogP contribution in [0.2, 0.25) is 0 Å². The summed E-state index contributed by atoms with van der Waals surface area (Å²) >= 11 is 1.34. The average Bonchev–Trinajstić information content (AvgIpc) is 3.12. The van der Waals surface area contributed by atoms with Gasteiger partial charge in [0.1, 0.15) is 17.2 Å². The molecule has 0 aliphatic carbocycles. The standard InChI is InChI=1S/C19H21FN6OS/c1-13-6-8-25(9-7-13)16(27)11-28-19-17-18(21-12-22-19)26(24-23-17)10-14-4-2-3-5-15(14)20/h2-5,12-13H,6-11H2,1H3. The summed E-state index contributed by atoms with van der Waals surface area (Å²) < 4.78 is 15.5. The van der Waals surface area contributed by atoms with Crippen LogP contribution >= 0.6 is 11.8 Å². The fourth-order valence-electron chi connectivity index (χ4n) is 3.25. The van der Waals surface area contributed by atoms with Crippen molar-refractivity contribution in [3.05, 3.63) is 42.0 Å². The van der Waals surface area contributed by atoms with Gasteiger partial charge in [0.05, 0.1) is 12.3 Å². The van der Waals surface area contributed by atoms with Crippen LogP contribution in [0.4, 0.5) is 4.39 Å². The molecule has 1 fully saturated rings. The van der Waals surface area contributed by atoms with E-state index in [0.717, 1.165) is 25.9 Å². The van der Waals surface area contributed by atoms with Crippen molar-refractivity contribution in [3.8, 4) is 0 Å². The van der Waals surface area contributed by atoms with Gasteiger partial charge >= 0.3 is 0 Å². The monoisotopic (exact) mass is 400 g/mol. The van der Waals surface area contributed by atoms with E-state index in [1.807, 2.05) is 4.90 Å². The lowest BCUT2D eigenvalue weighted by molar-refractivity contribution is -0.129. The normalized spacial score (nSPS) is 15.3. The van der Waals surface area contributed by atoms with Crippen molar-refractivity contribution >= 4 is 28.8 Å². The zero-order chi connectivity index (χ0) is 19.5. The number of nitrogens with zero attached hydrogens (tertiary/aromatic N) is 6. The molecule has 1 aliphatic heterocycles. The van der Waals surface area contributed by atoms with Crippen LogP contribution in [0, 0.1) is 11.7 Å². The van der Waals surface area contributed by atoms with Crippen LogP contribution in [0.3, 0.4) is 0 Å². The van der Waals surface area contributed by atoms with E-state index >= 15 is 0 Å². The van der Waals surface area contributed by atoms with Gasteiger partial charge in [-0.15, -0.1) is 5.10 Å². The predicted molar refractivity (Wildman–Crippen MR) is 104 cm³/mol. The second kappa shape index (κ2) is 8.22. The molecule has 0 N–H and O–H groups in total. The van der Waals surface area contributed by atoms with Crippen molar-refractivity contribution in [2.45, 2.75) is 31.3 Å². The second-order valence-corrected chi connectivity index (χ2v) is 8.01. The zero-order valence-corrected chi connectivity index (χ0v) is 16.4. The molecule has 3 heterocycles. The number of halogens is 1. The Morgan fingerprint density at radius 1 is 1.25 bits per heavy atom. The number of benzene rings is 1. The Bertz CT molecular complexity index is 985. The SMILES string of the molecule is CC1CCN(C(=O)CSc2ncnc3c2nnn3Cc2ccccc2F)CC1. The number of carbonyl (C=O) groups excluding carboxylic acids is 1. The molecule has 0 spiro atoms. The summed E-state index contributed by atoms with van der Waals surface area (Å²) in [4.78, 5) is 22.9. The van der Waals surface area contributed by atoms with E-state index in [2.05, 4.69) is 27.2 Å². The Hall–Kier alpha value is -2.55. The highest BCUT2D eigenvalue weighted by molar-refractivity contribution is 8.00. The highest BCUT2D eigenvalue weighted by Crippen LogP contribution is 2.24. The molecule has 1 amide bonds. The van der Waals surface area contributed by atoms with E-state index < -0.39 is 0 Å². The molecule has 0 atom stereocenters. The maximum absolute atomic E-state index is 13.9. The Balaban J connectivity index is 1.47. The van der Waals surface area contributed by atoms with Gasteiger partial charge in [-0.3, -0.25) is 4.79 Å². The molecule has 1 aromatic carbocycles. The highest BCUT2D eigenvalue weighted by atomic mass is 32.2. The second-order valence-electron chi connectivity index (χ2n) is 7.04. The zero-order valence-electron chi connectivity index (χ0n) is 15.6. The largest absolute Gasteiger partial charge is 0.342 e. The maximum atomic E-state index is 13.9. The highest BCUT2D eigenvalue weighted by Gasteiger charge is 2.21. The summed E-state index contributed by atoms with van der Waals surface area (Å²) in [5, 5.41) is 8.89. The van der Waals surface area contributed by atoms with Crippen LogP contribution in [0.25, 0.3) is 11.2 Å². The Labute approximate surface area is 166 Å². The lowest BCUT2D eigenvalue weighted by Crippen LogP contribution is -2.38. The molecule has 0 saturated carbocycles. The molecule has 3 aromatic rings. The van der Waals surface area contributed by atoms with Gasteiger partial charge in [-0.05, 0) is 24.8 Å². The molecule has 28 heavy (non-hydrogen) atoms. The van der Waals surface area contributed by atoms with E-state index in [0.29, 0.717) is 33.4 Å². The quantitative estimate of drug-likeness (QED) is 0.484. The molecule has 4 rings (SSSR count). The number of rotatable bonds is 5. The molecular formula is C19H21FN6OS. The first-order chi connectivity index (χ1) is 13.6.